The normalized spacial score (nSPS) is 14.1. The summed E-state index contributed by atoms with van der Waals surface area (Å²) in [6.07, 6.45) is 0.00461. The fraction of sp³-hybridized carbons (Fsp3) is 0.381. The molecule has 1 amide bonds. The third-order valence-corrected chi connectivity index (χ3v) is 5.54. The SMILES string of the molecule is COC(=O)c1c(CC(=O)N2CCN(c3ccccc3Cl)CC2)[nH]c(C(C)=O)c1C. The van der Waals surface area contributed by atoms with Crippen molar-refractivity contribution in [2.24, 2.45) is 0 Å². The molecule has 1 aromatic heterocycles. The molecule has 1 aliphatic heterocycles. The Morgan fingerprint density at radius 2 is 1.79 bits per heavy atom. The fourth-order valence-corrected chi connectivity index (χ4v) is 3.94. The number of ketones is 1. The number of piperazine rings is 1. The van der Waals surface area contributed by atoms with Crippen molar-refractivity contribution >= 4 is 34.9 Å². The van der Waals surface area contributed by atoms with E-state index < -0.39 is 5.97 Å². The number of ether oxygens (including phenoxy) is 1. The van der Waals surface area contributed by atoms with Crippen molar-refractivity contribution in [3.63, 3.8) is 0 Å². The summed E-state index contributed by atoms with van der Waals surface area (Å²) < 4.78 is 4.84. The molecular formula is C21H24ClN3O4. The number of hydrogen-bond donors (Lipinski definition) is 1. The quantitative estimate of drug-likeness (QED) is 0.597. The number of amides is 1. The number of methoxy groups -OCH3 is 1. The molecule has 1 N–H and O–H groups in total. The lowest BCUT2D eigenvalue weighted by atomic mass is 10.1. The number of anilines is 1. The zero-order chi connectivity index (χ0) is 21.1. The molecule has 7 nitrogen and oxygen atoms in total. The summed E-state index contributed by atoms with van der Waals surface area (Å²) in [5, 5.41) is 0.689. The van der Waals surface area contributed by atoms with E-state index in [2.05, 4.69) is 9.88 Å². The van der Waals surface area contributed by atoms with E-state index in [1.807, 2.05) is 24.3 Å². The lowest BCUT2D eigenvalue weighted by Crippen LogP contribution is -2.49. The number of H-pyrrole nitrogens is 1. The Morgan fingerprint density at radius 3 is 2.38 bits per heavy atom. The minimum Gasteiger partial charge on any atom is -0.465 e. The van der Waals surface area contributed by atoms with Crippen LogP contribution in [-0.2, 0) is 16.0 Å². The van der Waals surface area contributed by atoms with Crippen LogP contribution in [0.25, 0.3) is 0 Å². The van der Waals surface area contributed by atoms with E-state index in [0.29, 0.717) is 48.2 Å². The Balaban J connectivity index is 1.72. The van der Waals surface area contributed by atoms with E-state index >= 15 is 0 Å². The number of esters is 1. The molecule has 0 saturated carbocycles. The largest absolute Gasteiger partial charge is 0.465 e. The first-order valence-corrected chi connectivity index (χ1v) is 9.79. The van der Waals surface area contributed by atoms with Gasteiger partial charge in [0, 0.05) is 38.8 Å². The van der Waals surface area contributed by atoms with E-state index in [9.17, 15) is 14.4 Å². The molecule has 1 saturated heterocycles. The van der Waals surface area contributed by atoms with Crippen LogP contribution in [0.4, 0.5) is 5.69 Å². The zero-order valence-electron chi connectivity index (χ0n) is 16.8. The predicted molar refractivity (Wildman–Crippen MR) is 111 cm³/mol. The molecule has 1 aliphatic rings. The lowest BCUT2D eigenvalue weighted by Gasteiger charge is -2.36. The van der Waals surface area contributed by atoms with Gasteiger partial charge in [0.25, 0.3) is 0 Å². The molecule has 1 fully saturated rings. The van der Waals surface area contributed by atoms with Crippen molar-refractivity contribution in [3.05, 3.63) is 51.8 Å². The van der Waals surface area contributed by atoms with Crippen molar-refractivity contribution in [1.82, 2.24) is 9.88 Å². The number of hydrogen-bond acceptors (Lipinski definition) is 5. The van der Waals surface area contributed by atoms with Crippen molar-refractivity contribution in [2.75, 3.05) is 38.2 Å². The Morgan fingerprint density at radius 1 is 1.14 bits per heavy atom. The van der Waals surface area contributed by atoms with Gasteiger partial charge in [-0.3, -0.25) is 9.59 Å². The maximum atomic E-state index is 12.9. The lowest BCUT2D eigenvalue weighted by molar-refractivity contribution is -0.130. The highest BCUT2D eigenvalue weighted by Crippen LogP contribution is 2.26. The van der Waals surface area contributed by atoms with Crippen molar-refractivity contribution in [2.45, 2.75) is 20.3 Å². The Labute approximate surface area is 174 Å². The summed E-state index contributed by atoms with van der Waals surface area (Å²) in [5.74, 6) is -0.859. The summed E-state index contributed by atoms with van der Waals surface area (Å²) >= 11 is 6.27. The molecule has 0 atom stereocenters. The Bertz CT molecular complexity index is 945. The van der Waals surface area contributed by atoms with Gasteiger partial charge >= 0.3 is 5.97 Å². The summed E-state index contributed by atoms with van der Waals surface area (Å²) in [5.41, 5.74) is 2.48. The van der Waals surface area contributed by atoms with Gasteiger partial charge in [0.15, 0.2) is 5.78 Å². The Kier molecular flexibility index (Phi) is 6.27. The smallest absolute Gasteiger partial charge is 0.339 e. The first-order valence-electron chi connectivity index (χ1n) is 9.41. The van der Waals surface area contributed by atoms with Crippen LogP contribution in [0.5, 0.6) is 0 Å². The Hall–Kier alpha value is -2.80. The van der Waals surface area contributed by atoms with Gasteiger partial charge in [-0.1, -0.05) is 23.7 Å². The summed E-state index contributed by atoms with van der Waals surface area (Å²) in [4.78, 5) is 43.7. The maximum Gasteiger partial charge on any atom is 0.339 e. The number of halogens is 1. The van der Waals surface area contributed by atoms with E-state index in [1.165, 1.54) is 14.0 Å². The number of rotatable bonds is 5. The number of aromatic nitrogens is 1. The number of para-hydroxylation sites is 1. The molecule has 154 valence electrons. The number of carbonyl (C=O) groups excluding carboxylic acids is 3. The molecule has 1 aromatic carbocycles. The molecular weight excluding hydrogens is 394 g/mol. The van der Waals surface area contributed by atoms with E-state index in [1.54, 1.807) is 11.8 Å². The highest BCUT2D eigenvalue weighted by atomic mass is 35.5. The van der Waals surface area contributed by atoms with Gasteiger partial charge < -0.3 is 19.5 Å². The molecule has 2 heterocycles. The second-order valence-corrected chi connectivity index (χ2v) is 7.43. The van der Waals surface area contributed by atoms with Gasteiger partial charge in [0.2, 0.25) is 5.91 Å². The monoisotopic (exact) mass is 417 g/mol. The number of carbonyl (C=O) groups is 3. The topological polar surface area (TPSA) is 82.7 Å². The van der Waals surface area contributed by atoms with Gasteiger partial charge in [0.05, 0.1) is 35.5 Å². The number of Topliss-reactive ketones (excluding diaryl/α,β-unsaturated/α-hetero) is 1. The van der Waals surface area contributed by atoms with E-state index in [0.717, 1.165) is 5.69 Å². The molecule has 0 radical (unpaired) electrons. The summed E-state index contributed by atoms with van der Waals surface area (Å²) in [7, 11) is 1.28. The first kappa shape index (κ1) is 20.9. The van der Waals surface area contributed by atoms with Crippen molar-refractivity contribution in [3.8, 4) is 0 Å². The molecule has 0 bridgehead atoms. The fourth-order valence-electron chi connectivity index (χ4n) is 3.69. The maximum absolute atomic E-state index is 12.9. The number of nitrogens with zero attached hydrogens (tertiary/aromatic N) is 2. The highest BCUT2D eigenvalue weighted by molar-refractivity contribution is 6.33. The van der Waals surface area contributed by atoms with Crippen LogP contribution in [0.15, 0.2) is 24.3 Å². The highest BCUT2D eigenvalue weighted by Gasteiger charge is 2.27. The van der Waals surface area contributed by atoms with Gasteiger partial charge in [-0.15, -0.1) is 0 Å². The van der Waals surface area contributed by atoms with Crippen molar-refractivity contribution < 1.29 is 19.1 Å². The predicted octanol–water partition coefficient (Wildman–Crippen LogP) is 2.86. The van der Waals surface area contributed by atoms with E-state index in [-0.39, 0.29) is 23.7 Å². The van der Waals surface area contributed by atoms with Crippen LogP contribution in [-0.4, -0.2) is 60.8 Å². The average Bonchev–Trinajstić information content (AvgIpc) is 3.04. The average molecular weight is 418 g/mol. The van der Waals surface area contributed by atoms with Crippen LogP contribution >= 0.6 is 11.6 Å². The van der Waals surface area contributed by atoms with E-state index in [4.69, 9.17) is 16.3 Å². The molecule has 0 aliphatic carbocycles. The molecule has 0 unspecified atom stereocenters. The first-order chi connectivity index (χ1) is 13.8. The van der Waals surface area contributed by atoms with Crippen LogP contribution in [0.3, 0.4) is 0 Å². The summed E-state index contributed by atoms with van der Waals surface area (Å²) in [6.45, 7) is 5.53. The van der Waals surface area contributed by atoms with Gasteiger partial charge in [-0.05, 0) is 24.6 Å². The second kappa shape index (κ2) is 8.69. The minimum absolute atomic E-state index is 0.00461. The number of nitrogens with one attached hydrogen (secondary N) is 1. The molecule has 8 heteroatoms. The number of benzene rings is 1. The molecule has 3 rings (SSSR count). The van der Waals surface area contributed by atoms with Crippen LogP contribution in [0, 0.1) is 6.92 Å². The third kappa shape index (κ3) is 4.29. The summed E-state index contributed by atoms with van der Waals surface area (Å²) in [6, 6.07) is 7.64. The van der Waals surface area contributed by atoms with Crippen LogP contribution < -0.4 is 4.90 Å². The zero-order valence-corrected chi connectivity index (χ0v) is 17.5. The molecule has 29 heavy (non-hydrogen) atoms. The van der Waals surface area contributed by atoms with Gasteiger partial charge in [-0.2, -0.15) is 0 Å². The van der Waals surface area contributed by atoms with Crippen molar-refractivity contribution in [1.29, 1.82) is 0 Å². The minimum atomic E-state index is -0.558. The molecule has 0 spiro atoms. The number of aromatic amines is 1. The van der Waals surface area contributed by atoms with Gasteiger partial charge in [0.1, 0.15) is 0 Å². The standard InChI is InChI=1S/C21H24ClN3O4/c1-13-19(21(28)29-3)16(23-20(13)14(2)26)12-18(27)25-10-8-24(9-11-25)17-7-5-4-6-15(17)22/h4-7,23H,8-12H2,1-3H3. The third-order valence-electron chi connectivity index (χ3n) is 5.22. The molecule has 2 aromatic rings. The van der Waals surface area contributed by atoms with Crippen LogP contribution in [0.2, 0.25) is 5.02 Å². The van der Waals surface area contributed by atoms with Crippen LogP contribution in [0.1, 0.15) is 39.0 Å². The second-order valence-electron chi connectivity index (χ2n) is 7.02. The van der Waals surface area contributed by atoms with Gasteiger partial charge in [-0.25, -0.2) is 4.79 Å².